The average Bonchev–Trinajstić information content (AvgIpc) is 3.08. The highest BCUT2D eigenvalue weighted by molar-refractivity contribution is 6.31. The van der Waals surface area contributed by atoms with Gasteiger partial charge in [-0.25, -0.2) is 4.39 Å². The molecule has 2 aliphatic heterocycles. The van der Waals surface area contributed by atoms with Crippen LogP contribution in [0.25, 0.3) is 0 Å². The minimum Gasteiger partial charge on any atom is -0.395 e. The van der Waals surface area contributed by atoms with Crippen molar-refractivity contribution in [2.75, 3.05) is 18.5 Å². The van der Waals surface area contributed by atoms with E-state index in [-0.39, 0.29) is 28.5 Å². The smallest absolute Gasteiger partial charge is 0.250 e. The van der Waals surface area contributed by atoms with Crippen molar-refractivity contribution in [3.8, 4) is 0 Å². The SMILES string of the molecule is CC(C)(C)CN1[C@@H](CO)[C@@H](N)[C@H](c2cccc(Cl)c2F)[C@]12C(=O)Nc1cc(Cl)ccc12. The number of hydrogen-bond donors (Lipinski definition) is 3. The summed E-state index contributed by atoms with van der Waals surface area (Å²) in [6, 6.07) is 8.63. The summed E-state index contributed by atoms with van der Waals surface area (Å²) < 4.78 is 15.3. The molecule has 0 saturated carbocycles. The highest BCUT2D eigenvalue weighted by Gasteiger charge is 2.66. The predicted octanol–water partition coefficient (Wildman–Crippen LogP) is 4.11. The highest BCUT2D eigenvalue weighted by atomic mass is 35.5. The highest BCUT2D eigenvalue weighted by Crippen LogP contribution is 2.57. The van der Waals surface area contributed by atoms with Gasteiger partial charge in [-0.1, -0.05) is 62.2 Å². The number of aliphatic hydroxyl groups is 1. The van der Waals surface area contributed by atoms with E-state index in [0.29, 0.717) is 22.8 Å². The number of hydrogen-bond acceptors (Lipinski definition) is 4. The molecule has 31 heavy (non-hydrogen) atoms. The van der Waals surface area contributed by atoms with E-state index in [4.69, 9.17) is 28.9 Å². The molecule has 2 aliphatic rings. The van der Waals surface area contributed by atoms with Crippen molar-refractivity contribution in [1.29, 1.82) is 0 Å². The number of halogens is 3. The summed E-state index contributed by atoms with van der Waals surface area (Å²) in [4.78, 5) is 15.7. The van der Waals surface area contributed by atoms with Gasteiger partial charge in [0.2, 0.25) is 5.91 Å². The second kappa shape index (κ2) is 7.71. The summed E-state index contributed by atoms with van der Waals surface area (Å²) >= 11 is 12.3. The number of carbonyl (C=O) groups is 1. The molecule has 2 heterocycles. The Labute approximate surface area is 191 Å². The van der Waals surface area contributed by atoms with Crippen molar-refractivity contribution in [1.82, 2.24) is 4.90 Å². The van der Waals surface area contributed by atoms with Crippen molar-refractivity contribution in [3.05, 3.63) is 63.4 Å². The van der Waals surface area contributed by atoms with Gasteiger partial charge in [0.25, 0.3) is 0 Å². The third kappa shape index (κ3) is 3.36. The first-order valence-electron chi connectivity index (χ1n) is 10.2. The fourth-order valence-electron chi connectivity index (χ4n) is 5.20. The molecule has 1 saturated heterocycles. The molecule has 8 heteroatoms. The topological polar surface area (TPSA) is 78.6 Å². The van der Waals surface area contributed by atoms with Crippen LogP contribution in [0.5, 0.6) is 0 Å². The van der Waals surface area contributed by atoms with Crippen LogP contribution in [-0.2, 0) is 10.3 Å². The van der Waals surface area contributed by atoms with E-state index < -0.39 is 29.4 Å². The van der Waals surface area contributed by atoms with E-state index in [2.05, 4.69) is 5.32 Å². The molecule has 5 nitrogen and oxygen atoms in total. The number of aliphatic hydroxyl groups excluding tert-OH is 1. The lowest BCUT2D eigenvalue weighted by Crippen LogP contribution is -2.55. The Morgan fingerprint density at radius 1 is 1.26 bits per heavy atom. The standard InChI is InChI=1S/C23H26Cl2FN3O2/c1-22(2,3)11-29-17(10-30)20(27)18(13-5-4-6-15(25)19(13)26)23(29)14-8-7-12(24)9-16(14)28-21(23)31/h4-9,17-18,20,30H,10-11,27H2,1-3H3,(H,28,31)/t17-,18-,20+,23+/m0/s1. The number of rotatable bonds is 3. The van der Waals surface area contributed by atoms with Gasteiger partial charge in [-0.15, -0.1) is 0 Å². The number of anilines is 1. The first kappa shape index (κ1) is 22.5. The summed E-state index contributed by atoms with van der Waals surface area (Å²) in [7, 11) is 0. The molecule has 0 aliphatic carbocycles. The Morgan fingerprint density at radius 2 is 1.97 bits per heavy atom. The van der Waals surface area contributed by atoms with Crippen molar-refractivity contribution in [2.24, 2.45) is 11.1 Å². The van der Waals surface area contributed by atoms with E-state index in [1.54, 1.807) is 30.3 Å². The Kier molecular flexibility index (Phi) is 5.59. The van der Waals surface area contributed by atoms with Crippen LogP contribution >= 0.6 is 23.2 Å². The number of carbonyl (C=O) groups excluding carboxylic acids is 1. The number of nitrogens with one attached hydrogen (secondary N) is 1. The number of nitrogens with zero attached hydrogens (tertiary/aromatic N) is 1. The maximum Gasteiger partial charge on any atom is 0.250 e. The van der Waals surface area contributed by atoms with Crippen LogP contribution in [0.15, 0.2) is 36.4 Å². The molecule has 4 rings (SSSR count). The molecule has 0 radical (unpaired) electrons. The van der Waals surface area contributed by atoms with Crippen LogP contribution in [0.1, 0.15) is 37.8 Å². The molecule has 0 unspecified atom stereocenters. The second-order valence-corrected chi connectivity index (χ2v) is 10.4. The summed E-state index contributed by atoms with van der Waals surface area (Å²) in [5, 5.41) is 13.7. The summed E-state index contributed by atoms with van der Waals surface area (Å²) in [5.74, 6) is -1.69. The molecule has 0 bridgehead atoms. The Morgan fingerprint density at radius 3 is 2.61 bits per heavy atom. The Balaban J connectivity index is 2.05. The molecule has 4 N–H and O–H groups in total. The van der Waals surface area contributed by atoms with Gasteiger partial charge in [0, 0.05) is 40.8 Å². The fraction of sp³-hybridized carbons (Fsp3) is 0.435. The van der Waals surface area contributed by atoms with Crippen LogP contribution < -0.4 is 11.1 Å². The van der Waals surface area contributed by atoms with Crippen molar-refractivity contribution < 1.29 is 14.3 Å². The number of benzene rings is 2. The molecule has 4 atom stereocenters. The van der Waals surface area contributed by atoms with E-state index in [9.17, 15) is 9.90 Å². The molecular weight excluding hydrogens is 440 g/mol. The number of nitrogens with two attached hydrogens (primary N) is 1. The minimum absolute atomic E-state index is 0.0376. The molecule has 2 aromatic rings. The molecule has 1 fully saturated rings. The largest absolute Gasteiger partial charge is 0.395 e. The number of likely N-dealkylation sites (tertiary alicyclic amines) is 1. The molecule has 2 aromatic carbocycles. The van der Waals surface area contributed by atoms with E-state index in [1.165, 1.54) is 6.07 Å². The van der Waals surface area contributed by atoms with Crippen LogP contribution in [0.4, 0.5) is 10.1 Å². The third-order valence-electron chi connectivity index (χ3n) is 6.27. The monoisotopic (exact) mass is 465 g/mol. The van der Waals surface area contributed by atoms with E-state index >= 15 is 4.39 Å². The van der Waals surface area contributed by atoms with Gasteiger partial charge in [-0.2, -0.15) is 0 Å². The second-order valence-electron chi connectivity index (χ2n) is 9.55. The number of fused-ring (bicyclic) bond motifs is 2. The van der Waals surface area contributed by atoms with Gasteiger partial charge in [0.05, 0.1) is 11.6 Å². The molecular formula is C23H26Cl2FN3O2. The first-order chi connectivity index (χ1) is 14.5. The summed E-state index contributed by atoms with van der Waals surface area (Å²) in [5.41, 5.74) is 6.63. The molecule has 1 spiro atoms. The van der Waals surface area contributed by atoms with E-state index in [0.717, 1.165) is 0 Å². The molecule has 1 amide bonds. The summed E-state index contributed by atoms with van der Waals surface area (Å²) in [6.45, 7) is 6.32. The van der Waals surface area contributed by atoms with Crippen LogP contribution in [-0.4, -0.2) is 41.1 Å². The van der Waals surface area contributed by atoms with Gasteiger partial charge >= 0.3 is 0 Å². The van der Waals surface area contributed by atoms with Crippen molar-refractivity contribution in [2.45, 2.75) is 44.3 Å². The van der Waals surface area contributed by atoms with Crippen molar-refractivity contribution in [3.63, 3.8) is 0 Å². The summed E-state index contributed by atoms with van der Waals surface area (Å²) in [6.07, 6.45) is 0. The predicted molar refractivity (Wildman–Crippen MR) is 121 cm³/mol. The van der Waals surface area contributed by atoms with Crippen LogP contribution in [0, 0.1) is 11.2 Å². The zero-order valence-electron chi connectivity index (χ0n) is 17.6. The molecule has 0 aromatic heterocycles. The lowest BCUT2D eigenvalue weighted by molar-refractivity contribution is -0.129. The Hall–Kier alpha value is -1.70. The zero-order valence-corrected chi connectivity index (χ0v) is 19.1. The Bertz CT molecular complexity index is 1040. The van der Waals surface area contributed by atoms with Crippen LogP contribution in [0.2, 0.25) is 10.0 Å². The van der Waals surface area contributed by atoms with Gasteiger partial charge in [0.15, 0.2) is 0 Å². The van der Waals surface area contributed by atoms with E-state index in [1.807, 2.05) is 25.7 Å². The third-order valence-corrected chi connectivity index (χ3v) is 6.79. The zero-order chi connectivity index (χ0) is 22.7. The maximum absolute atomic E-state index is 15.3. The van der Waals surface area contributed by atoms with Gasteiger partial charge in [0.1, 0.15) is 11.4 Å². The lowest BCUT2D eigenvalue weighted by Gasteiger charge is -2.42. The van der Waals surface area contributed by atoms with Crippen molar-refractivity contribution >= 4 is 34.8 Å². The van der Waals surface area contributed by atoms with Gasteiger partial charge in [-0.05, 0) is 29.2 Å². The molecule has 166 valence electrons. The van der Waals surface area contributed by atoms with Crippen LogP contribution in [0.3, 0.4) is 0 Å². The number of amides is 1. The van der Waals surface area contributed by atoms with Gasteiger partial charge in [-0.3, -0.25) is 9.69 Å². The lowest BCUT2D eigenvalue weighted by atomic mass is 9.73. The minimum atomic E-state index is -1.31. The average molecular weight is 466 g/mol. The maximum atomic E-state index is 15.3. The van der Waals surface area contributed by atoms with Gasteiger partial charge < -0.3 is 16.2 Å². The normalized spacial score (nSPS) is 28.3. The quantitative estimate of drug-likeness (QED) is 0.636. The first-order valence-corrected chi connectivity index (χ1v) is 11.0. The fourth-order valence-corrected chi connectivity index (χ4v) is 5.55.